The van der Waals surface area contributed by atoms with Gasteiger partial charge < -0.3 is 57.2 Å². The van der Waals surface area contributed by atoms with Crippen molar-refractivity contribution in [3.05, 3.63) is 142 Å². The van der Waals surface area contributed by atoms with Crippen LogP contribution < -0.4 is 42.3 Å². The van der Waals surface area contributed by atoms with Crippen molar-refractivity contribution in [1.29, 1.82) is 0 Å². The molecule has 0 saturated carbocycles. The van der Waals surface area contributed by atoms with E-state index in [1.54, 1.807) is 13.8 Å². The van der Waals surface area contributed by atoms with Crippen LogP contribution in [0.2, 0.25) is 0 Å². The number of carboxylic acids is 1. The predicted molar refractivity (Wildman–Crippen MR) is 226 cm³/mol. The predicted octanol–water partition coefficient (Wildman–Crippen LogP) is 3.28. The van der Waals surface area contributed by atoms with Crippen LogP contribution in [-0.4, -0.2) is 82.2 Å². The molecule has 6 amide bonds. The average Bonchev–Trinajstić information content (AvgIpc) is 3.25. The number of primary amides is 1. The van der Waals surface area contributed by atoms with E-state index in [0.29, 0.717) is 5.69 Å². The van der Waals surface area contributed by atoms with E-state index >= 15 is 0 Å². The van der Waals surface area contributed by atoms with E-state index in [4.69, 9.17) is 25.5 Å². The monoisotopic (exact) mass is 863 g/mol. The topological polar surface area (TPSA) is 312 Å². The minimum absolute atomic E-state index is 0.00696. The molecule has 0 radical (unpaired) electrons. The Bertz CT molecular complexity index is 2510. The number of anilines is 4. The van der Waals surface area contributed by atoms with E-state index in [-0.39, 0.29) is 56.3 Å². The summed E-state index contributed by atoms with van der Waals surface area (Å²) in [5.74, 6) is -6.64. The van der Waals surface area contributed by atoms with Gasteiger partial charge in [0.1, 0.15) is 6.04 Å². The number of carboxylic acid groups (broad SMARTS) is 1. The van der Waals surface area contributed by atoms with Crippen molar-refractivity contribution in [3.8, 4) is 11.5 Å². The zero-order valence-corrected chi connectivity index (χ0v) is 33.6. The van der Waals surface area contributed by atoms with Crippen molar-refractivity contribution in [2.24, 2.45) is 5.73 Å². The highest BCUT2D eigenvalue weighted by Crippen LogP contribution is 2.39. The summed E-state index contributed by atoms with van der Waals surface area (Å²) in [6.45, 7) is 3.33. The molecule has 0 bridgehead atoms. The Balaban J connectivity index is 1.24. The number of rotatable bonds is 17. The summed E-state index contributed by atoms with van der Waals surface area (Å²) in [6.07, 6.45) is -2.12. The lowest BCUT2D eigenvalue weighted by Gasteiger charge is -2.24. The van der Waals surface area contributed by atoms with Crippen molar-refractivity contribution in [2.75, 3.05) is 28.4 Å². The van der Waals surface area contributed by atoms with Crippen molar-refractivity contribution in [1.82, 2.24) is 5.32 Å². The van der Waals surface area contributed by atoms with E-state index in [9.17, 15) is 43.9 Å². The summed E-state index contributed by atoms with van der Waals surface area (Å²) >= 11 is 0. The number of ether oxygens (including phenoxy) is 2. The third kappa shape index (κ3) is 11.8. The molecule has 0 saturated heterocycles. The summed E-state index contributed by atoms with van der Waals surface area (Å²) in [7, 11) is 1.12. The third-order valence-electron chi connectivity index (χ3n) is 8.99. The highest BCUT2D eigenvalue weighted by molar-refractivity contribution is 6.10. The molecule has 5 rings (SSSR count). The molecule has 0 heterocycles. The van der Waals surface area contributed by atoms with Crippen molar-refractivity contribution in [2.45, 2.75) is 32.1 Å². The first-order valence-corrected chi connectivity index (χ1v) is 18.7. The maximum absolute atomic E-state index is 13.5. The number of hydrogen-bond donors (Lipinski definition) is 10. The smallest absolute Gasteiger partial charge is 0.335 e. The summed E-state index contributed by atoms with van der Waals surface area (Å²) in [5, 5.41) is 52.0. The molecule has 0 fully saturated rings. The molecule has 0 aliphatic heterocycles. The molecule has 0 aliphatic carbocycles. The second-order valence-electron chi connectivity index (χ2n) is 13.8. The van der Waals surface area contributed by atoms with E-state index in [1.807, 2.05) is 0 Å². The van der Waals surface area contributed by atoms with E-state index < -0.39 is 70.6 Å². The molecular weight excluding hydrogens is 823 g/mol. The number of phenols is 1. The summed E-state index contributed by atoms with van der Waals surface area (Å²) in [4.78, 5) is 89.3. The first-order chi connectivity index (χ1) is 29.9. The lowest BCUT2D eigenvalue weighted by Crippen LogP contribution is -2.99. The van der Waals surface area contributed by atoms with Gasteiger partial charge in [-0.15, -0.1) is 0 Å². The molecular formula is C43H41N7O13. The highest BCUT2D eigenvalue weighted by Gasteiger charge is 2.34. The van der Waals surface area contributed by atoms with Gasteiger partial charge in [0.05, 0.1) is 22.9 Å². The van der Waals surface area contributed by atoms with Crippen LogP contribution in [-0.2, 0) is 14.3 Å². The Morgan fingerprint density at radius 2 is 1.10 bits per heavy atom. The highest BCUT2D eigenvalue weighted by atomic mass is 16.8. The molecule has 11 N–H and O–H groups in total. The second kappa shape index (κ2) is 20.4. The van der Waals surface area contributed by atoms with E-state index in [2.05, 4.69) is 26.6 Å². The number of methoxy groups -OCH3 is 1. The quantitative estimate of drug-likeness (QED) is 0.0601. The molecule has 0 aliphatic rings. The van der Waals surface area contributed by atoms with Gasteiger partial charge in [-0.2, -0.15) is 5.23 Å². The Morgan fingerprint density at radius 3 is 1.57 bits per heavy atom. The number of amides is 6. The lowest BCUT2D eigenvalue weighted by molar-refractivity contribution is -0.991. The normalized spacial score (nSPS) is 12.2. The van der Waals surface area contributed by atoms with Crippen molar-refractivity contribution in [3.63, 3.8) is 0 Å². The van der Waals surface area contributed by atoms with Gasteiger partial charge in [0.2, 0.25) is 11.8 Å². The van der Waals surface area contributed by atoms with Crippen molar-refractivity contribution >= 4 is 69.8 Å². The molecule has 5 aromatic carbocycles. The zero-order chi connectivity index (χ0) is 46.0. The zero-order valence-electron chi connectivity index (χ0n) is 33.6. The van der Waals surface area contributed by atoms with Crippen LogP contribution in [0.1, 0.15) is 65.6 Å². The van der Waals surface area contributed by atoms with Gasteiger partial charge in [-0.1, -0.05) is 0 Å². The van der Waals surface area contributed by atoms with Crippen LogP contribution in [0, 0.1) is 5.21 Å². The molecule has 3 atom stereocenters. The minimum Gasteiger partial charge on any atom is -0.595 e. The molecule has 326 valence electrons. The first-order valence-electron chi connectivity index (χ1n) is 18.7. The molecule has 20 nitrogen and oxygen atoms in total. The van der Waals surface area contributed by atoms with Crippen molar-refractivity contribution < 1.29 is 63.7 Å². The van der Waals surface area contributed by atoms with Gasteiger partial charge in [-0.05, 0) is 111 Å². The van der Waals surface area contributed by atoms with Gasteiger partial charge in [0.15, 0.2) is 23.3 Å². The Hall–Kier alpha value is -8.17. The largest absolute Gasteiger partial charge is 0.595 e. The number of nitrogens with one attached hydrogen (secondary N) is 6. The number of hydrogen-bond acceptors (Lipinski definition) is 12. The molecule has 20 heteroatoms. The average molecular weight is 864 g/mol. The van der Waals surface area contributed by atoms with Crippen LogP contribution in [0.3, 0.4) is 0 Å². The summed E-state index contributed by atoms with van der Waals surface area (Å²) in [6, 6.07) is 22.5. The van der Waals surface area contributed by atoms with Gasteiger partial charge in [0.25, 0.3) is 23.6 Å². The first kappa shape index (κ1) is 45.9. The maximum Gasteiger partial charge on any atom is 0.335 e. The fourth-order valence-electron chi connectivity index (χ4n) is 5.81. The third-order valence-corrected chi connectivity index (χ3v) is 8.99. The minimum atomic E-state index is -1.65. The summed E-state index contributed by atoms with van der Waals surface area (Å²) < 4.78 is 10.9. The number of benzene rings is 5. The van der Waals surface area contributed by atoms with Crippen LogP contribution in [0.5, 0.6) is 11.5 Å². The lowest BCUT2D eigenvalue weighted by atomic mass is 10.1. The molecule has 0 spiro atoms. The second-order valence-corrected chi connectivity index (χ2v) is 13.8. The number of aromatic carboxylic acids is 1. The molecule has 5 aromatic rings. The van der Waals surface area contributed by atoms with Crippen LogP contribution in [0.4, 0.5) is 28.4 Å². The van der Waals surface area contributed by atoms with Crippen LogP contribution in [0.25, 0.3) is 0 Å². The Kier molecular flexibility index (Phi) is 14.9. The van der Waals surface area contributed by atoms with Gasteiger partial charge in [-0.25, -0.2) is 10.0 Å². The number of carbonyl (C=O) groups is 7. The van der Waals surface area contributed by atoms with E-state index in [0.717, 1.165) is 7.11 Å². The van der Waals surface area contributed by atoms with Gasteiger partial charge in [0, 0.05) is 53.0 Å². The number of quaternary nitrogens is 1. The maximum atomic E-state index is 13.5. The standard InChI is InChI=1S/C43H41N7O13/c1-22(2)63-35-32(21-20-31(34(35)51)41(56)46-28-16-8-26(9-17-28)43(58)59)48-39(54)23-4-14-29(15-5-23)47-42(57)33(36(62-3)37(44)52)49-40(55)24-6-12-27(13-7-24)45-38(53)25-10-18-30(19-11-25)50(60)61/h4-22,33,36,50-51,60H,1-3H3,(H2,44,52)(H,45,53)(H,46,56)(H,47,57)(H,48,54)(H,49,55)(H,58,59). The van der Waals surface area contributed by atoms with Gasteiger partial charge in [-0.3, -0.25) is 28.8 Å². The number of phenolic OH excluding ortho intramolecular Hbond substituents is 1. The van der Waals surface area contributed by atoms with Crippen LogP contribution >= 0.6 is 0 Å². The SMILES string of the molecule is COC(C(N)=O)C(NC(=O)c1ccc(NC(=O)c2ccc([NH+]([O-])O)cc2)cc1)C(=O)Nc1ccc(C(=O)Nc2ccc(C(=O)Nc3ccc(C(=O)O)cc3)c(O)c2OC(C)C)cc1. The molecule has 0 aromatic heterocycles. The molecule has 63 heavy (non-hydrogen) atoms. The number of carbonyl (C=O) groups excluding carboxylic acids is 6. The Morgan fingerprint density at radius 1 is 0.635 bits per heavy atom. The fourth-order valence-corrected chi connectivity index (χ4v) is 5.81. The number of nitrogens with two attached hydrogens (primary N) is 1. The Labute approximate surface area is 358 Å². The van der Waals surface area contributed by atoms with Gasteiger partial charge >= 0.3 is 5.97 Å². The fraction of sp³-hybridized carbons (Fsp3) is 0.140. The number of aromatic hydroxyl groups is 1. The van der Waals surface area contributed by atoms with Crippen LogP contribution in [0.15, 0.2) is 109 Å². The summed E-state index contributed by atoms with van der Waals surface area (Å²) in [5.41, 5.74) is 6.33. The van der Waals surface area contributed by atoms with E-state index in [1.165, 1.54) is 109 Å². The molecule has 3 unspecified atom stereocenters.